The lowest BCUT2D eigenvalue weighted by Gasteiger charge is -1.92. The first-order chi connectivity index (χ1) is 8.76. The maximum Gasteiger partial charge on any atom is 0.0406 e. The van der Waals surface area contributed by atoms with E-state index in [0.29, 0.717) is 5.88 Å². The largest absolute Gasteiger partial charge is 0.126 e. The lowest BCUT2D eigenvalue weighted by Crippen LogP contribution is -1.82. The summed E-state index contributed by atoms with van der Waals surface area (Å²) in [5.41, 5.74) is 2.41. The molecular formula is C16H16Cl2. The van der Waals surface area contributed by atoms with Gasteiger partial charge in [-0.1, -0.05) is 66.7 Å². The molecule has 0 bridgehead atoms. The third kappa shape index (κ3) is 5.90. The number of aryl methyl sites for hydroxylation is 1. The summed E-state index contributed by atoms with van der Waals surface area (Å²) >= 11 is 11.2. The van der Waals surface area contributed by atoms with Crippen LogP contribution in [0, 0.1) is 0 Å². The summed E-state index contributed by atoms with van der Waals surface area (Å²) in [6.07, 6.45) is 2.76. The Morgan fingerprint density at radius 3 is 2.06 bits per heavy atom. The molecule has 0 N–H and O–H groups in total. The Hall–Kier alpha value is -1.24. The highest BCUT2D eigenvalue weighted by atomic mass is 35.5. The normalized spacial score (nSPS) is 9.22. The van der Waals surface area contributed by atoms with Gasteiger partial charge in [-0.15, -0.1) is 11.6 Å². The molecule has 18 heavy (non-hydrogen) atoms. The van der Waals surface area contributed by atoms with Crippen LogP contribution in [-0.4, -0.2) is 5.88 Å². The minimum atomic E-state index is 0.712. The lowest BCUT2D eigenvalue weighted by molar-refractivity contribution is 1.15. The Kier molecular flexibility index (Phi) is 7.24. The summed E-state index contributed by atoms with van der Waals surface area (Å²) in [5, 5.41) is 0.764. The molecule has 0 amide bonds. The van der Waals surface area contributed by atoms with E-state index in [9.17, 15) is 0 Å². The highest BCUT2D eigenvalue weighted by Gasteiger charge is 1.85. The Bertz CT molecular complexity index is 446. The van der Waals surface area contributed by atoms with Crippen LogP contribution in [0.4, 0.5) is 0 Å². The highest BCUT2D eigenvalue weighted by molar-refractivity contribution is 6.30. The van der Waals surface area contributed by atoms with Crippen LogP contribution < -0.4 is 0 Å². The number of hydrogen-bond donors (Lipinski definition) is 0. The van der Waals surface area contributed by atoms with Crippen molar-refractivity contribution in [1.29, 1.82) is 0 Å². The van der Waals surface area contributed by atoms with E-state index in [-0.39, 0.29) is 0 Å². The fourth-order valence-electron chi connectivity index (χ4n) is 1.35. The van der Waals surface area contributed by atoms with E-state index >= 15 is 0 Å². The number of hydrogen-bond acceptors (Lipinski definition) is 0. The number of halogens is 2. The third-order valence-corrected chi connectivity index (χ3v) is 2.77. The zero-order chi connectivity index (χ0) is 13.2. The highest BCUT2D eigenvalue weighted by Crippen LogP contribution is 2.09. The van der Waals surface area contributed by atoms with Crippen LogP contribution in [0.5, 0.6) is 0 Å². The molecule has 0 aliphatic heterocycles. The smallest absolute Gasteiger partial charge is 0.0406 e. The SMILES string of the molecule is C=Cc1ccc(Cl)cc1.ClCCc1ccccc1. The second-order valence-electron chi connectivity index (χ2n) is 3.68. The average molecular weight is 279 g/mol. The molecular weight excluding hydrogens is 263 g/mol. The summed E-state index contributed by atoms with van der Waals surface area (Å²) in [6.45, 7) is 3.62. The molecule has 0 nitrogen and oxygen atoms in total. The van der Waals surface area contributed by atoms with Crippen molar-refractivity contribution in [1.82, 2.24) is 0 Å². The van der Waals surface area contributed by atoms with Gasteiger partial charge in [0, 0.05) is 10.9 Å². The van der Waals surface area contributed by atoms with Crippen molar-refractivity contribution in [2.24, 2.45) is 0 Å². The van der Waals surface area contributed by atoms with Gasteiger partial charge in [0.05, 0.1) is 0 Å². The lowest BCUT2D eigenvalue weighted by atomic mass is 10.2. The number of alkyl halides is 1. The van der Waals surface area contributed by atoms with Crippen molar-refractivity contribution < 1.29 is 0 Å². The standard InChI is InChI=1S/C8H7Cl.C8H9Cl/c1-2-7-3-5-8(9)6-4-7;9-7-6-8-4-2-1-3-5-8/h2-6H,1H2;1-5H,6-7H2. The van der Waals surface area contributed by atoms with Gasteiger partial charge >= 0.3 is 0 Å². The quantitative estimate of drug-likeness (QED) is 0.655. The maximum atomic E-state index is 5.63. The zero-order valence-electron chi connectivity index (χ0n) is 10.2. The molecule has 2 aromatic rings. The van der Waals surface area contributed by atoms with E-state index in [1.165, 1.54) is 5.56 Å². The first-order valence-electron chi connectivity index (χ1n) is 5.74. The Morgan fingerprint density at radius 1 is 0.944 bits per heavy atom. The van der Waals surface area contributed by atoms with Crippen LogP contribution in [0.15, 0.2) is 61.2 Å². The second-order valence-corrected chi connectivity index (χ2v) is 4.49. The van der Waals surface area contributed by atoms with Gasteiger partial charge < -0.3 is 0 Å². The molecule has 0 spiro atoms. The van der Waals surface area contributed by atoms with Gasteiger partial charge in [-0.3, -0.25) is 0 Å². The summed E-state index contributed by atoms with van der Waals surface area (Å²) in [5.74, 6) is 0.712. The monoisotopic (exact) mass is 278 g/mol. The fraction of sp³-hybridized carbons (Fsp3) is 0.125. The molecule has 0 aromatic heterocycles. The van der Waals surface area contributed by atoms with Crippen molar-refractivity contribution in [3.8, 4) is 0 Å². The molecule has 2 rings (SSSR count). The maximum absolute atomic E-state index is 5.63. The Labute approximate surface area is 119 Å². The van der Waals surface area contributed by atoms with E-state index in [1.54, 1.807) is 6.08 Å². The van der Waals surface area contributed by atoms with Gasteiger partial charge in [-0.2, -0.15) is 0 Å². The number of rotatable bonds is 3. The zero-order valence-corrected chi connectivity index (χ0v) is 11.7. The van der Waals surface area contributed by atoms with Crippen LogP contribution >= 0.6 is 23.2 Å². The van der Waals surface area contributed by atoms with Gasteiger partial charge in [-0.25, -0.2) is 0 Å². The summed E-state index contributed by atoms with van der Waals surface area (Å²) in [7, 11) is 0. The molecule has 0 saturated carbocycles. The van der Waals surface area contributed by atoms with Crippen molar-refractivity contribution in [2.75, 3.05) is 5.88 Å². The first-order valence-corrected chi connectivity index (χ1v) is 6.65. The van der Waals surface area contributed by atoms with Crippen LogP contribution in [0.3, 0.4) is 0 Å². The fourth-order valence-corrected chi connectivity index (χ4v) is 1.70. The summed E-state index contributed by atoms with van der Waals surface area (Å²) < 4.78 is 0. The molecule has 0 aliphatic rings. The second kappa shape index (κ2) is 8.79. The van der Waals surface area contributed by atoms with Crippen LogP contribution in [0.2, 0.25) is 5.02 Å². The van der Waals surface area contributed by atoms with E-state index in [0.717, 1.165) is 17.0 Å². The van der Waals surface area contributed by atoms with Crippen molar-refractivity contribution >= 4 is 29.3 Å². The minimum absolute atomic E-state index is 0.712. The first kappa shape index (κ1) is 14.8. The molecule has 0 radical (unpaired) electrons. The average Bonchev–Trinajstić information content (AvgIpc) is 2.42. The van der Waals surface area contributed by atoms with E-state index < -0.39 is 0 Å². The summed E-state index contributed by atoms with van der Waals surface area (Å²) in [4.78, 5) is 0. The van der Waals surface area contributed by atoms with Crippen molar-refractivity contribution in [3.05, 3.63) is 77.3 Å². The van der Waals surface area contributed by atoms with Crippen molar-refractivity contribution in [3.63, 3.8) is 0 Å². The van der Waals surface area contributed by atoms with Gasteiger partial charge in [-0.05, 0) is 29.7 Å². The van der Waals surface area contributed by atoms with E-state index in [2.05, 4.69) is 18.7 Å². The molecule has 0 saturated heterocycles. The third-order valence-electron chi connectivity index (χ3n) is 2.33. The van der Waals surface area contributed by atoms with Crippen LogP contribution in [0.1, 0.15) is 11.1 Å². The number of benzene rings is 2. The van der Waals surface area contributed by atoms with E-state index in [4.69, 9.17) is 23.2 Å². The molecule has 0 fully saturated rings. The molecule has 0 unspecified atom stereocenters. The Balaban J connectivity index is 0.000000180. The Morgan fingerprint density at radius 2 is 1.56 bits per heavy atom. The van der Waals surface area contributed by atoms with Crippen LogP contribution in [-0.2, 0) is 6.42 Å². The molecule has 0 heterocycles. The minimum Gasteiger partial charge on any atom is -0.126 e. The molecule has 2 aromatic carbocycles. The van der Waals surface area contributed by atoms with Gasteiger partial charge in [0.2, 0.25) is 0 Å². The molecule has 0 aliphatic carbocycles. The molecule has 2 heteroatoms. The molecule has 94 valence electrons. The van der Waals surface area contributed by atoms with E-state index in [1.807, 2.05) is 42.5 Å². The van der Waals surface area contributed by atoms with Gasteiger partial charge in [0.15, 0.2) is 0 Å². The van der Waals surface area contributed by atoms with Crippen molar-refractivity contribution in [2.45, 2.75) is 6.42 Å². The van der Waals surface area contributed by atoms with Crippen LogP contribution in [0.25, 0.3) is 6.08 Å². The summed E-state index contributed by atoms with van der Waals surface area (Å²) in [6, 6.07) is 17.8. The predicted molar refractivity (Wildman–Crippen MR) is 82.4 cm³/mol. The van der Waals surface area contributed by atoms with Gasteiger partial charge in [0.1, 0.15) is 0 Å². The predicted octanol–water partition coefficient (Wildman–Crippen LogP) is 5.45. The topological polar surface area (TPSA) is 0 Å². The molecule has 0 atom stereocenters. The van der Waals surface area contributed by atoms with Gasteiger partial charge in [0.25, 0.3) is 0 Å².